The Kier molecular flexibility index (Phi) is 11.2. The van der Waals surface area contributed by atoms with E-state index in [0.29, 0.717) is 0 Å². The van der Waals surface area contributed by atoms with Gasteiger partial charge in [0.2, 0.25) is 0 Å². The standard InChI is InChI=1S/C38H44Br2N2/c1-3-5-7-29-9-17-33(18-10-29)41(35-21-13-31(39)14-22-35)37-25-27-38(28-26-37)42(36-23-15-32(40)16-24-36)34-19-11-30(12-20-34)8-6-4-2/h9-13,15,17-21,23,25,27H,3-8,14,16,22,24,26,28H2,1-2H3. The number of unbranched alkanes of at least 4 members (excludes halogenated alkanes) is 2. The Morgan fingerprint density at radius 1 is 0.476 bits per heavy atom. The summed E-state index contributed by atoms with van der Waals surface area (Å²) in [4.78, 5) is 5.03. The molecule has 220 valence electrons. The van der Waals surface area contributed by atoms with Crippen LogP contribution in [0.15, 0.2) is 117 Å². The predicted octanol–water partition coefficient (Wildman–Crippen LogP) is 12.2. The van der Waals surface area contributed by atoms with Crippen molar-refractivity contribution in [2.24, 2.45) is 0 Å². The Balaban J connectivity index is 1.47. The van der Waals surface area contributed by atoms with Crippen molar-refractivity contribution < 1.29 is 0 Å². The molecule has 0 N–H and O–H groups in total. The Morgan fingerprint density at radius 3 is 1.10 bits per heavy atom. The van der Waals surface area contributed by atoms with E-state index in [4.69, 9.17) is 0 Å². The van der Waals surface area contributed by atoms with Crippen LogP contribution >= 0.6 is 31.9 Å². The fourth-order valence-corrected chi connectivity index (χ4v) is 6.64. The topological polar surface area (TPSA) is 6.48 Å². The third-order valence-electron chi connectivity index (χ3n) is 8.43. The minimum atomic E-state index is 1.00. The van der Waals surface area contributed by atoms with Crippen LogP contribution in [0.3, 0.4) is 0 Å². The summed E-state index contributed by atoms with van der Waals surface area (Å²) in [5.74, 6) is 0. The van der Waals surface area contributed by atoms with Crippen molar-refractivity contribution in [1.29, 1.82) is 0 Å². The molecule has 0 saturated heterocycles. The summed E-state index contributed by atoms with van der Waals surface area (Å²) < 4.78 is 2.55. The zero-order valence-corrected chi connectivity index (χ0v) is 28.4. The first-order valence-electron chi connectivity index (χ1n) is 15.8. The number of benzene rings is 2. The second-order valence-corrected chi connectivity index (χ2v) is 13.6. The molecule has 0 atom stereocenters. The summed E-state index contributed by atoms with van der Waals surface area (Å²) in [6.07, 6.45) is 27.2. The molecule has 0 saturated carbocycles. The smallest absolute Gasteiger partial charge is 0.0455 e. The number of allylic oxidation sites excluding steroid dienone is 12. The molecule has 0 aromatic heterocycles. The largest absolute Gasteiger partial charge is 0.318 e. The van der Waals surface area contributed by atoms with Gasteiger partial charge in [0.25, 0.3) is 0 Å². The van der Waals surface area contributed by atoms with Crippen molar-refractivity contribution >= 4 is 43.2 Å². The fourth-order valence-electron chi connectivity index (χ4n) is 5.98. The monoisotopic (exact) mass is 686 g/mol. The highest BCUT2D eigenvalue weighted by Crippen LogP contribution is 2.39. The van der Waals surface area contributed by atoms with Crippen molar-refractivity contribution in [2.75, 3.05) is 9.80 Å². The van der Waals surface area contributed by atoms with Gasteiger partial charge < -0.3 is 9.80 Å². The van der Waals surface area contributed by atoms with Crippen LogP contribution in [0.2, 0.25) is 0 Å². The number of anilines is 2. The van der Waals surface area contributed by atoms with Gasteiger partial charge in [-0.3, -0.25) is 0 Å². The molecule has 2 nitrogen and oxygen atoms in total. The summed E-state index contributed by atoms with van der Waals surface area (Å²) in [6, 6.07) is 18.6. The second kappa shape index (κ2) is 15.3. The molecular weight excluding hydrogens is 644 g/mol. The van der Waals surface area contributed by atoms with E-state index in [1.54, 1.807) is 0 Å². The maximum absolute atomic E-state index is 3.71. The van der Waals surface area contributed by atoms with Crippen molar-refractivity contribution in [3.05, 3.63) is 128 Å². The van der Waals surface area contributed by atoms with E-state index in [1.807, 2.05) is 0 Å². The van der Waals surface area contributed by atoms with Crippen LogP contribution in [0.5, 0.6) is 0 Å². The van der Waals surface area contributed by atoms with Gasteiger partial charge >= 0.3 is 0 Å². The fraction of sp³-hybridized carbons (Fsp3) is 0.368. The Bertz CT molecular complexity index is 1290. The quantitative estimate of drug-likeness (QED) is 0.219. The van der Waals surface area contributed by atoms with E-state index in [1.165, 1.54) is 79.9 Å². The Morgan fingerprint density at radius 2 is 0.810 bits per heavy atom. The molecule has 5 rings (SSSR count). The zero-order valence-electron chi connectivity index (χ0n) is 25.2. The molecule has 3 aliphatic carbocycles. The Labute approximate surface area is 270 Å². The highest BCUT2D eigenvalue weighted by molar-refractivity contribution is 9.12. The maximum Gasteiger partial charge on any atom is 0.0455 e. The number of rotatable bonds is 12. The van der Waals surface area contributed by atoms with Gasteiger partial charge in [0.15, 0.2) is 0 Å². The first kappa shape index (κ1) is 30.9. The number of aryl methyl sites for hydroxylation is 2. The number of halogens is 2. The molecule has 2 aromatic carbocycles. The molecule has 0 aliphatic heterocycles. The molecule has 0 amide bonds. The van der Waals surface area contributed by atoms with Gasteiger partial charge in [-0.05, 0) is 133 Å². The van der Waals surface area contributed by atoms with Gasteiger partial charge in [-0.15, -0.1) is 0 Å². The molecule has 42 heavy (non-hydrogen) atoms. The third kappa shape index (κ3) is 7.88. The molecule has 0 spiro atoms. The van der Waals surface area contributed by atoms with Gasteiger partial charge in [-0.1, -0.05) is 95.0 Å². The molecule has 0 heterocycles. The van der Waals surface area contributed by atoms with Crippen LogP contribution in [0.4, 0.5) is 11.4 Å². The molecule has 2 aromatic rings. The van der Waals surface area contributed by atoms with Crippen LogP contribution < -0.4 is 9.80 Å². The molecule has 0 radical (unpaired) electrons. The minimum Gasteiger partial charge on any atom is -0.318 e. The van der Waals surface area contributed by atoms with Gasteiger partial charge in [0, 0.05) is 34.2 Å². The lowest BCUT2D eigenvalue weighted by Crippen LogP contribution is -2.27. The first-order valence-corrected chi connectivity index (χ1v) is 17.4. The predicted molar refractivity (Wildman–Crippen MR) is 189 cm³/mol. The number of nitrogens with zero attached hydrogens (tertiary/aromatic N) is 2. The van der Waals surface area contributed by atoms with E-state index in [9.17, 15) is 0 Å². The van der Waals surface area contributed by atoms with E-state index < -0.39 is 0 Å². The van der Waals surface area contributed by atoms with Crippen molar-refractivity contribution in [1.82, 2.24) is 0 Å². The molecule has 4 heteroatoms. The molecular formula is C38H44Br2N2. The van der Waals surface area contributed by atoms with Crippen LogP contribution in [0.25, 0.3) is 0 Å². The van der Waals surface area contributed by atoms with E-state index >= 15 is 0 Å². The van der Waals surface area contributed by atoms with Crippen molar-refractivity contribution in [2.45, 2.75) is 90.9 Å². The van der Waals surface area contributed by atoms with Gasteiger partial charge in [0.1, 0.15) is 0 Å². The molecule has 3 aliphatic rings. The van der Waals surface area contributed by atoms with Crippen molar-refractivity contribution in [3.63, 3.8) is 0 Å². The number of hydrogen-bond acceptors (Lipinski definition) is 2. The third-order valence-corrected chi connectivity index (χ3v) is 9.76. The molecule has 0 unspecified atom stereocenters. The number of hydrogen-bond donors (Lipinski definition) is 0. The van der Waals surface area contributed by atoms with Crippen LogP contribution in [-0.4, -0.2) is 0 Å². The van der Waals surface area contributed by atoms with Crippen LogP contribution in [0, 0.1) is 0 Å². The lowest BCUT2D eigenvalue weighted by Gasteiger charge is -2.36. The molecule has 0 bridgehead atoms. The highest BCUT2D eigenvalue weighted by atomic mass is 79.9. The summed E-state index contributed by atoms with van der Waals surface area (Å²) in [6.45, 7) is 4.53. The highest BCUT2D eigenvalue weighted by Gasteiger charge is 2.24. The second-order valence-electron chi connectivity index (χ2n) is 11.6. The zero-order chi connectivity index (χ0) is 29.3. The average Bonchev–Trinajstić information content (AvgIpc) is 3.03. The maximum atomic E-state index is 3.71. The Hall–Kier alpha value is -2.56. The van der Waals surface area contributed by atoms with Crippen molar-refractivity contribution in [3.8, 4) is 0 Å². The van der Waals surface area contributed by atoms with Crippen LogP contribution in [-0.2, 0) is 12.8 Å². The summed E-state index contributed by atoms with van der Waals surface area (Å²) in [5.41, 5.74) is 10.9. The van der Waals surface area contributed by atoms with Gasteiger partial charge in [0.05, 0.1) is 0 Å². The summed E-state index contributed by atoms with van der Waals surface area (Å²) >= 11 is 7.42. The van der Waals surface area contributed by atoms with Gasteiger partial charge in [-0.25, -0.2) is 0 Å². The summed E-state index contributed by atoms with van der Waals surface area (Å²) in [5, 5.41) is 0. The van der Waals surface area contributed by atoms with Gasteiger partial charge in [-0.2, -0.15) is 0 Å². The minimum absolute atomic E-state index is 1.00. The SMILES string of the molecule is CCCCc1ccc(N(C2=CC=C(Br)CC2)C2=CC=C(N(C3=CC=C(Br)CC3)c3ccc(CCCC)cc3)CC2)cc1. The van der Waals surface area contributed by atoms with Crippen LogP contribution in [0.1, 0.15) is 89.2 Å². The first-order chi connectivity index (χ1) is 20.6. The van der Waals surface area contributed by atoms with E-state index in [-0.39, 0.29) is 0 Å². The van der Waals surface area contributed by atoms with E-state index in [0.717, 1.165) is 51.4 Å². The summed E-state index contributed by atoms with van der Waals surface area (Å²) in [7, 11) is 0. The normalized spacial score (nSPS) is 17.0. The average molecular weight is 689 g/mol. The van der Waals surface area contributed by atoms with E-state index in [2.05, 4.69) is 140 Å². The lowest BCUT2D eigenvalue weighted by atomic mass is 9.99. The molecule has 0 fully saturated rings. The lowest BCUT2D eigenvalue weighted by molar-refractivity contribution is 0.782.